The minimum atomic E-state index is 0.142. The Morgan fingerprint density at radius 1 is 1.05 bits per heavy atom. The third kappa shape index (κ3) is 18.6. The summed E-state index contributed by atoms with van der Waals surface area (Å²) in [7, 11) is 3.00. The highest BCUT2D eigenvalue weighted by Gasteiger charge is 2.17. The Morgan fingerprint density at radius 2 is 1.66 bits per heavy atom. The molecule has 2 heterocycles. The van der Waals surface area contributed by atoms with Crippen LogP contribution < -0.4 is 16.8 Å². The number of nitrogens with one attached hydrogen (secondary N) is 1. The van der Waals surface area contributed by atoms with Crippen LogP contribution in [0.2, 0.25) is 0 Å². The summed E-state index contributed by atoms with van der Waals surface area (Å²) in [4.78, 5) is 35.9. The molecule has 236 valence electrons. The molecule has 1 fully saturated rings. The number of likely N-dealkylation sites (tertiary alicyclic amines) is 1. The number of carbonyl (C=O) groups is 3. The Bertz CT molecular complexity index is 899. The number of aromatic nitrogens is 1. The van der Waals surface area contributed by atoms with Crippen LogP contribution in [0.25, 0.3) is 10.2 Å². The number of nitrogens with two attached hydrogens (primary N) is 2. The molecule has 2 unspecified atom stereocenters. The standard InChI is InChI=1S/C26H39N3OS.C2H6.2CH5N.2CH2O/c1-4-20(3)22(11-7-10-18-29-16-8-6-9-17-29)27-25(30)14-15-26-28-23-13-12-21(5-2)19-24(23)31-26;5*1-2/h7,10,12-13,19-20,22H,4-6,8-9,11,14-18H2,1-3H3,(H,27,30);1-2H3;2*2H2,1H3;2*1H2/b10-7+;;;;;. The lowest BCUT2D eigenvalue weighted by molar-refractivity contribution is -0.122. The molecule has 2 aromatic rings. The largest absolute Gasteiger partial charge is 0.353 e. The van der Waals surface area contributed by atoms with Gasteiger partial charge in [0.25, 0.3) is 0 Å². The van der Waals surface area contributed by atoms with Crippen LogP contribution in [0.3, 0.4) is 0 Å². The molecule has 0 radical (unpaired) electrons. The molecule has 1 aliphatic heterocycles. The number of fused-ring (bicyclic) bond motifs is 1. The molecule has 1 aromatic carbocycles. The van der Waals surface area contributed by atoms with Gasteiger partial charge in [-0.3, -0.25) is 9.69 Å². The number of aryl methyl sites for hydroxylation is 2. The van der Waals surface area contributed by atoms with Gasteiger partial charge in [0, 0.05) is 25.4 Å². The maximum absolute atomic E-state index is 12.7. The lowest BCUT2D eigenvalue weighted by Gasteiger charge is -2.25. The van der Waals surface area contributed by atoms with Crippen LogP contribution in [-0.4, -0.2) is 69.1 Å². The van der Waals surface area contributed by atoms with Crippen LogP contribution in [0.4, 0.5) is 0 Å². The van der Waals surface area contributed by atoms with E-state index in [2.05, 4.69) is 72.8 Å². The number of benzene rings is 1. The van der Waals surface area contributed by atoms with E-state index in [9.17, 15) is 4.79 Å². The van der Waals surface area contributed by atoms with Crippen molar-refractivity contribution < 1.29 is 14.4 Å². The summed E-state index contributed by atoms with van der Waals surface area (Å²) in [5.74, 6) is 0.613. The van der Waals surface area contributed by atoms with Crippen molar-refractivity contribution in [2.45, 2.75) is 92.0 Å². The van der Waals surface area contributed by atoms with Gasteiger partial charge >= 0.3 is 0 Å². The third-order valence-electron chi connectivity index (χ3n) is 6.52. The number of thiazole rings is 1. The predicted molar refractivity (Wildman–Crippen MR) is 179 cm³/mol. The van der Waals surface area contributed by atoms with E-state index in [1.54, 1.807) is 11.3 Å². The van der Waals surface area contributed by atoms with Gasteiger partial charge in [-0.05, 0) is 76.5 Å². The number of rotatable bonds is 11. The molecule has 41 heavy (non-hydrogen) atoms. The smallest absolute Gasteiger partial charge is 0.220 e. The number of nitrogens with zero attached hydrogens (tertiary/aromatic N) is 2. The maximum Gasteiger partial charge on any atom is 0.220 e. The summed E-state index contributed by atoms with van der Waals surface area (Å²) < 4.78 is 1.23. The highest BCUT2D eigenvalue weighted by Crippen LogP contribution is 2.24. The molecular weight excluding hydrogens is 534 g/mol. The zero-order valence-corrected chi connectivity index (χ0v) is 27.7. The van der Waals surface area contributed by atoms with Gasteiger partial charge in [-0.15, -0.1) is 11.3 Å². The molecule has 9 heteroatoms. The van der Waals surface area contributed by atoms with E-state index in [0.29, 0.717) is 18.8 Å². The SMILES string of the molecule is C=O.C=O.CC.CCc1ccc2nc(CCC(=O)NC(C/C=C/CN3CCCCC3)C(C)CC)sc2c1.CN.CN. The molecule has 0 aliphatic carbocycles. The fraction of sp³-hybridized carbons (Fsp3) is 0.625. The van der Waals surface area contributed by atoms with Crippen LogP contribution in [0.5, 0.6) is 0 Å². The van der Waals surface area contributed by atoms with Gasteiger partial charge in [0.05, 0.1) is 15.2 Å². The van der Waals surface area contributed by atoms with Crippen molar-refractivity contribution in [3.8, 4) is 0 Å². The first-order valence-electron chi connectivity index (χ1n) is 14.9. The fourth-order valence-electron chi connectivity index (χ4n) is 4.17. The molecule has 3 rings (SSSR count). The number of hydrogen-bond donors (Lipinski definition) is 3. The van der Waals surface area contributed by atoms with E-state index in [1.165, 1.54) is 56.7 Å². The minimum absolute atomic E-state index is 0.142. The second kappa shape index (κ2) is 30.5. The first kappa shape index (κ1) is 43.0. The van der Waals surface area contributed by atoms with Gasteiger partial charge in [0.2, 0.25) is 5.91 Å². The quantitative estimate of drug-likeness (QED) is 0.291. The second-order valence-electron chi connectivity index (χ2n) is 8.89. The van der Waals surface area contributed by atoms with Crippen LogP contribution in [0.1, 0.15) is 83.7 Å². The zero-order valence-electron chi connectivity index (χ0n) is 26.9. The van der Waals surface area contributed by atoms with Crippen molar-refractivity contribution in [2.24, 2.45) is 17.4 Å². The van der Waals surface area contributed by atoms with E-state index in [4.69, 9.17) is 14.6 Å². The molecule has 8 nitrogen and oxygen atoms in total. The molecule has 1 amide bonds. The molecule has 1 aromatic heterocycles. The third-order valence-corrected chi connectivity index (χ3v) is 7.60. The topological polar surface area (TPSA) is 131 Å². The molecule has 2 atom stereocenters. The van der Waals surface area contributed by atoms with Crippen LogP contribution in [-0.2, 0) is 27.2 Å². The maximum atomic E-state index is 12.7. The molecule has 1 aliphatic rings. The number of carbonyl (C=O) groups excluding carboxylic acids is 3. The van der Waals surface area contributed by atoms with E-state index in [0.717, 1.165) is 36.3 Å². The predicted octanol–water partition coefficient (Wildman–Crippen LogP) is 5.56. The number of piperidine rings is 1. The summed E-state index contributed by atoms with van der Waals surface area (Å²) in [5, 5.41) is 4.36. The van der Waals surface area contributed by atoms with Crippen molar-refractivity contribution in [1.82, 2.24) is 15.2 Å². The molecule has 5 N–H and O–H groups in total. The van der Waals surface area contributed by atoms with Crippen LogP contribution >= 0.6 is 11.3 Å². The van der Waals surface area contributed by atoms with Gasteiger partial charge in [0.1, 0.15) is 13.6 Å². The van der Waals surface area contributed by atoms with E-state index >= 15 is 0 Å². The Labute approximate surface area is 254 Å². The summed E-state index contributed by atoms with van der Waals surface area (Å²) in [6.45, 7) is 18.1. The zero-order chi connectivity index (χ0) is 32.1. The summed E-state index contributed by atoms with van der Waals surface area (Å²) in [6, 6.07) is 6.68. The molecular formula is C32H59N5O3S. The van der Waals surface area contributed by atoms with E-state index < -0.39 is 0 Å². The number of hydrogen-bond acceptors (Lipinski definition) is 8. The van der Waals surface area contributed by atoms with Crippen molar-refractivity contribution in [2.75, 3.05) is 33.7 Å². The summed E-state index contributed by atoms with van der Waals surface area (Å²) >= 11 is 1.72. The van der Waals surface area contributed by atoms with E-state index in [1.807, 2.05) is 27.4 Å². The van der Waals surface area contributed by atoms with Gasteiger partial charge in [-0.1, -0.05) is 65.7 Å². The molecule has 0 spiro atoms. The highest BCUT2D eigenvalue weighted by atomic mass is 32.1. The Balaban J connectivity index is -0.00000130. The van der Waals surface area contributed by atoms with Crippen molar-refractivity contribution in [3.63, 3.8) is 0 Å². The Hall–Kier alpha value is -2.46. The van der Waals surface area contributed by atoms with E-state index in [-0.39, 0.29) is 11.9 Å². The monoisotopic (exact) mass is 593 g/mol. The number of amides is 1. The first-order valence-corrected chi connectivity index (χ1v) is 15.7. The molecule has 0 saturated carbocycles. The average Bonchev–Trinajstić information content (AvgIpc) is 3.48. The summed E-state index contributed by atoms with van der Waals surface area (Å²) in [6.07, 6.45) is 12.8. The summed E-state index contributed by atoms with van der Waals surface area (Å²) in [5.41, 5.74) is 11.4. The van der Waals surface area contributed by atoms with Gasteiger partial charge in [-0.2, -0.15) is 0 Å². The van der Waals surface area contributed by atoms with Crippen molar-refractivity contribution in [1.29, 1.82) is 0 Å². The highest BCUT2D eigenvalue weighted by molar-refractivity contribution is 7.18. The fourth-order valence-corrected chi connectivity index (χ4v) is 5.20. The van der Waals surface area contributed by atoms with Gasteiger partial charge in [-0.25, -0.2) is 4.98 Å². The van der Waals surface area contributed by atoms with Crippen molar-refractivity contribution >= 4 is 41.0 Å². The first-order chi connectivity index (χ1) is 20.1. The molecule has 1 saturated heterocycles. The van der Waals surface area contributed by atoms with Crippen LogP contribution in [0, 0.1) is 5.92 Å². The van der Waals surface area contributed by atoms with Gasteiger partial charge < -0.3 is 26.4 Å². The van der Waals surface area contributed by atoms with Crippen molar-refractivity contribution in [3.05, 3.63) is 40.9 Å². The Morgan fingerprint density at radius 3 is 2.22 bits per heavy atom. The average molecular weight is 594 g/mol. The Kier molecular flexibility index (Phi) is 32.0. The lowest BCUT2D eigenvalue weighted by atomic mass is 9.96. The normalized spacial score (nSPS) is 13.7. The van der Waals surface area contributed by atoms with Gasteiger partial charge in [0.15, 0.2) is 0 Å². The lowest BCUT2D eigenvalue weighted by Crippen LogP contribution is -2.39. The van der Waals surface area contributed by atoms with Crippen LogP contribution in [0.15, 0.2) is 30.4 Å². The minimum Gasteiger partial charge on any atom is -0.353 e. The second-order valence-corrected chi connectivity index (χ2v) is 10.0. The molecule has 0 bridgehead atoms.